The average molecular weight is 308 g/mol. The van der Waals surface area contributed by atoms with Crippen molar-refractivity contribution in [3.8, 4) is 0 Å². The molecule has 3 heteroatoms. The van der Waals surface area contributed by atoms with E-state index in [2.05, 4.69) is 14.2 Å². The molecule has 1 unspecified atom stereocenters. The van der Waals surface area contributed by atoms with Crippen LogP contribution >= 0.6 is 9.24 Å². The Labute approximate surface area is 66.6 Å². The quantitative estimate of drug-likeness (QED) is 0.505. The van der Waals surface area contributed by atoms with Crippen molar-refractivity contribution in [3.63, 3.8) is 0 Å². The third-order valence-electron chi connectivity index (χ3n) is 0.706. The van der Waals surface area contributed by atoms with Crippen LogP contribution in [0.4, 0.5) is 0 Å². The maximum atomic E-state index is 3.83. The van der Waals surface area contributed by atoms with E-state index in [9.17, 15) is 0 Å². The van der Waals surface area contributed by atoms with Gasteiger partial charge in [0.1, 0.15) is 0 Å². The van der Waals surface area contributed by atoms with Crippen molar-refractivity contribution < 1.29 is 22.4 Å². The van der Waals surface area contributed by atoms with Gasteiger partial charge in [0.05, 0.1) is 0 Å². The Hall–Kier alpha value is 0.320. The number of pyridine rings is 1. The zero-order valence-corrected chi connectivity index (χ0v) is 7.46. The van der Waals surface area contributed by atoms with E-state index in [-0.39, 0.29) is 22.4 Å². The van der Waals surface area contributed by atoms with Crippen LogP contribution in [0.3, 0.4) is 0 Å². The monoisotopic (exact) mass is 308 g/mol. The normalized spacial score (nSPS) is 7.62. The maximum absolute atomic E-state index is 3.83. The first kappa shape index (κ1) is 8.32. The fourth-order valence-electron chi connectivity index (χ4n) is 0.363. The van der Waals surface area contributed by atoms with Gasteiger partial charge in [-0.1, -0.05) is 0 Å². The first-order valence-electron chi connectivity index (χ1n) is 2.05. The van der Waals surface area contributed by atoms with Gasteiger partial charge in [0.25, 0.3) is 0 Å². The largest absolute Gasteiger partial charge is 0.265 e. The molecule has 8 heavy (non-hydrogen) atoms. The molecule has 0 aromatic carbocycles. The van der Waals surface area contributed by atoms with Crippen LogP contribution < -0.4 is 5.30 Å². The SMILES string of the molecule is Pc1ccncc1.[Au]. The van der Waals surface area contributed by atoms with Crippen LogP contribution in [0.15, 0.2) is 24.5 Å². The predicted octanol–water partition coefficient (Wildman–Crippen LogP) is 0.580. The van der Waals surface area contributed by atoms with E-state index in [4.69, 9.17) is 0 Å². The summed E-state index contributed by atoms with van der Waals surface area (Å²) in [5.41, 5.74) is 0. The van der Waals surface area contributed by atoms with Crippen molar-refractivity contribution >= 4 is 14.5 Å². The van der Waals surface area contributed by atoms with Gasteiger partial charge in [-0.2, -0.15) is 0 Å². The molecule has 0 spiro atoms. The van der Waals surface area contributed by atoms with Gasteiger partial charge >= 0.3 is 0 Å². The van der Waals surface area contributed by atoms with Crippen LogP contribution in [0, 0.1) is 0 Å². The molecule has 0 aliphatic carbocycles. The first-order valence-corrected chi connectivity index (χ1v) is 2.63. The van der Waals surface area contributed by atoms with Crippen LogP contribution in [0.25, 0.3) is 0 Å². The molecule has 0 N–H and O–H groups in total. The van der Waals surface area contributed by atoms with Crippen LogP contribution in [-0.2, 0) is 22.4 Å². The van der Waals surface area contributed by atoms with Crippen molar-refractivity contribution in [3.05, 3.63) is 24.5 Å². The van der Waals surface area contributed by atoms with Gasteiger partial charge in [0.15, 0.2) is 0 Å². The second-order valence-corrected chi connectivity index (χ2v) is 1.95. The topological polar surface area (TPSA) is 12.9 Å². The van der Waals surface area contributed by atoms with Crippen molar-refractivity contribution in [2.75, 3.05) is 0 Å². The van der Waals surface area contributed by atoms with Crippen LogP contribution in [0.1, 0.15) is 0 Å². The Balaban J connectivity index is 0.000000490. The summed E-state index contributed by atoms with van der Waals surface area (Å²) >= 11 is 0. The fraction of sp³-hybridized carbons (Fsp3) is 0. The first-order chi connectivity index (χ1) is 3.39. The predicted molar refractivity (Wildman–Crippen MR) is 33.6 cm³/mol. The van der Waals surface area contributed by atoms with Gasteiger partial charge in [-0.3, -0.25) is 4.98 Å². The third kappa shape index (κ3) is 2.58. The van der Waals surface area contributed by atoms with E-state index in [1.165, 1.54) is 5.30 Å². The molecule has 0 aliphatic rings. The minimum atomic E-state index is 0. The summed E-state index contributed by atoms with van der Waals surface area (Å²) in [4.78, 5) is 3.83. The number of rotatable bonds is 0. The van der Waals surface area contributed by atoms with Gasteiger partial charge in [0, 0.05) is 34.8 Å². The summed E-state index contributed by atoms with van der Waals surface area (Å²) in [6.07, 6.45) is 3.53. The van der Waals surface area contributed by atoms with E-state index in [0.29, 0.717) is 0 Å². The van der Waals surface area contributed by atoms with E-state index < -0.39 is 0 Å². The molecule has 0 saturated heterocycles. The molecule has 1 rings (SSSR count). The molecule has 47 valence electrons. The van der Waals surface area contributed by atoms with Gasteiger partial charge in [-0.15, -0.1) is 9.24 Å². The van der Waals surface area contributed by atoms with Crippen molar-refractivity contribution in [2.45, 2.75) is 0 Å². The maximum Gasteiger partial charge on any atom is 0.0273 e. The number of aromatic nitrogens is 1. The second kappa shape index (κ2) is 4.22. The van der Waals surface area contributed by atoms with Crippen molar-refractivity contribution in [1.29, 1.82) is 0 Å². The van der Waals surface area contributed by atoms with Gasteiger partial charge in [-0.25, -0.2) is 0 Å². The van der Waals surface area contributed by atoms with Crippen LogP contribution in [0.5, 0.6) is 0 Å². The molecule has 1 heterocycles. The van der Waals surface area contributed by atoms with Gasteiger partial charge < -0.3 is 0 Å². The minimum Gasteiger partial charge on any atom is -0.265 e. The Bertz CT molecular complexity index is 142. The third-order valence-corrected chi connectivity index (χ3v) is 1.09. The Morgan fingerprint density at radius 3 is 2.00 bits per heavy atom. The Kier molecular flexibility index (Phi) is 4.39. The zero-order chi connectivity index (χ0) is 5.11. The molecular formula is C5H6AuNP. The summed E-state index contributed by atoms with van der Waals surface area (Å²) < 4.78 is 0. The molecule has 1 aromatic heterocycles. The van der Waals surface area contributed by atoms with E-state index in [0.717, 1.165) is 0 Å². The van der Waals surface area contributed by atoms with E-state index >= 15 is 0 Å². The van der Waals surface area contributed by atoms with E-state index in [1.807, 2.05) is 12.1 Å². The zero-order valence-electron chi connectivity index (χ0n) is 4.14. The fourth-order valence-corrected chi connectivity index (χ4v) is 0.536. The smallest absolute Gasteiger partial charge is 0.0273 e. The molecule has 1 atom stereocenters. The van der Waals surface area contributed by atoms with Crippen molar-refractivity contribution in [2.24, 2.45) is 0 Å². The van der Waals surface area contributed by atoms with Gasteiger partial charge in [0.2, 0.25) is 0 Å². The molecule has 1 aromatic rings. The minimum absolute atomic E-state index is 0. The van der Waals surface area contributed by atoms with E-state index in [1.54, 1.807) is 12.4 Å². The van der Waals surface area contributed by atoms with Crippen LogP contribution in [-0.4, -0.2) is 4.98 Å². The molecule has 0 saturated carbocycles. The molecule has 0 amide bonds. The molecule has 1 radical (unpaired) electrons. The number of hydrogen-bond acceptors (Lipinski definition) is 1. The Morgan fingerprint density at radius 1 is 1.25 bits per heavy atom. The number of hydrogen-bond donors (Lipinski definition) is 0. The van der Waals surface area contributed by atoms with Gasteiger partial charge in [-0.05, 0) is 17.4 Å². The summed E-state index contributed by atoms with van der Waals surface area (Å²) in [6.45, 7) is 0. The van der Waals surface area contributed by atoms with Crippen molar-refractivity contribution in [1.82, 2.24) is 4.98 Å². The molecular weight excluding hydrogens is 302 g/mol. The second-order valence-electron chi connectivity index (χ2n) is 1.28. The average Bonchev–Trinajstić information content (AvgIpc) is 1.69. The molecule has 1 nitrogen and oxygen atoms in total. The number of nitrogens with zero attached hydrogens (tertiary/aromatic N) is 1. The Morgan fingerprint density at radius 2 is 1.75 bits per heavy atom. The van der Waals surface area contributed by atoms with Crippen LogP contribution in [0.2, 0.25) is 0 Å². The molecule has 0 aliphatic heterocycles. The standard InChI is InChI=1S/C5H6NP.Au/c7-5-1-3-6-4-2-5;/h1-4H,7H2;. The summed E-state index contributed by atoms with van der Waals surface area (Å²) in [5, 5.41) is 1.18. The summed E-state index contributed by atoms with van der Waals surface area (Å²) in [6, 6.07) is 3.87. The summed E-state index contributed by atoms with van der Waals surface area (Å²) in [7, 11) is 2.59. The molecule has 0 bridgehead atoms. The summed E-state index contributed by atoms with van der Waals surface area (Å²) in [5.74, 6) is 0. The molecule has 0 fully saturated rings.